The summed E-state index contributed by atoms with van der Waals surface area (Å²) in [5.74, 6) is 0. The molecule has 0 spiro atoms. The first kappa shape index (κ1) is 12.7. The van der Waals surface area contributed by atoms with Crippen molar-refractivity contribution in [1.82, 2.24) is 10.2 Å². The molecule has 0 rings (SSSR count). The molecule has 0 aromatic rings. The lowest BCUT2D eigenvalue weighted by Gasteiger charge is -2.27. The Bertz CT molecular complexity index is 123. The normalized spacial score (nSPS) is 13.2. The second kappa shape index (κ2) is 8.27. The van der Waals surface area contributed by atoms with Crippen molar-refractivity contribution in [2.75, 3.05) is 26.2 Å². The summed E-state index contributed by atoms with van der Waals surface area (Å²) in [7, 11) is 0. The minimum atomic E-state index is 0.609. The Hall–Kier alpha value is -0.340. The van der Waals surface area contributed by atoms with Gasteiger partial charge in [0.1, 0.15) is 0 Å². The SMILES string of the molecule is C=CCN(CCC)C(C)CNCC. The van der Waals surface area contributed by atoms with Gasteiger partial charge in [-0.15, -0.1) is 6.58 Å². The van der Waals surface area contributed by atoms with Crippen LogP contribution in [-0.4, -0.2) is 37.1 Å². The topological polar surface area (TPSA) is 15.3 Å². The lowest BCUT2D eigenvalue weighted by Crippen LogP contribution is -2.40. The molecule has 0 heterocycles. The van der Waals surface area contributed by atoms with Crippen molar-refractivity contribution in [2.45, 2.75) is 33.2 Å². The highest BCUT2D eigenvalue weighted by atomic mass is 15.2. The van der Waals surface area contributed by atoms with Crippen LogP contribution in [0.4, 0.5) is 0 Å². The van der Waals surface area contributed by atoms with E-state index in [9.17, 15) is 0 Å². The van der Waals surface area contributed by atoms with E-state index in [1.54, 1.807) is 0 Å². The van der Waals surface area contributed by atoms with Crippen LogP contribution < -0.4 is 5.32 Å². The molecule has 0 aliphatic rings. The summed E-state index contributed by atoms with van der Waals surface area (Å²) in [6.07, 6.45) is 3.20. The number of nitrogens with zero attached hydrogens (tertiary/aromatic N) is 1. The van der Waals surface area contributed by atoms with Gasteiger partial charge in [-0.25, -0.2) is 0 Å². The van der Waals surface area contributed by atoms with Gasteiger partial charge in [-0.2, -0.15) is 0 Å². The van der Waals surface area contributed by atoms with E-state index in [-0.39, 0.29) is 0 Å². The molecule has 0 radical (unpaired) electrons. The van der Waals surface area contributed by atoms with Crippen molar-refractivity contribution in [2.24, 2.45) is 0 Å². The summed E-state index contributed by atoms with van der Waals surface area (Å²) in [6, 6.07) is 0.609. The predicted molar refractivity (Wildman–Crippen MR) is 60.1 cm³/mol. The van der Waals surface area contributed by atoms with Gasteiger partial charge < -0.3 is 5.32 Å². The highest BCUT2D eigenvalue weighted by Crippen LogP contribution is 1.99. The second-order valence-electron chi connectivity index (χ2n) is 3.44. The zero-order valence-electron chi connectivity index (χ0n) is 9.34. The van der Waals surface area contributed by atoms with Crippen molar-refractivity contribution >= 4 is 0 Å². The van der Waals surface area contributed by atoms with E-state index in [4.69, 9.17) is 0 Å². The molecule has 0 saturated heterocycles. The standard InChI is InChI=1S/C11H24N2/c1-5-8-13(9-6-2)11(4)10-12-7-3/h5,11-12H,1,6-10H2,2-4H3. The summed E-state index contributed by atoms with van der Waals surface area (Å²) in [5, 5.41) is 3.37. The van der Waals surface area contributed by atoms with Crippen molar-refractivity contribution in [3.05, 3.63) is 12.7 Å². The van der Waals surface area contributed by atoms with E-state index >= 15 is 0 Å². The van der Waals surface area contributed by atoms with Gasteiger partial charge in [0.2, 0.25) is 0 Å². The van der Waals surface area contributed by atoms with Crippen molar-refractivity contribution in [3.63, 3.8) is 0 Å². The van der Waals surface area contributed by atoms with Crippen molar-refractivity contribution in [3.8, 4) is 0 Å². The van der Waals surface area contributed by atoms with Gasteiger partial charge in [0.15, 0.2) is 0 Å². The maximum atomic E-state index is 3.78. The number of hydrogen-bond donors (Lipinski definition) is 1. The third kappa shape index (κ3) is 5.83. The number of nitrogens with one attached hydrogen (secondary N) is 1. The highest BCUT2D eigenvalue weighted by Gasteiger charge is 2.09. The average Bonchev–Trinajstić information content (AvgIpc) is 2.14. The third-order valence-electron chi connectivity index (χ3n) is 2.19. The van der Waals surface area contributed by atoms with Crippen LogP contribution in [0.5, 0.6) is 0 Å². The molecule has 1 N–H and O–H groups in total. The third-order valence-corrected chi connectivity index (χ3v) is 2.19. The molecule has 78 valence electrons. The van der Waals surface area contributed by atoms with Gasteiger partial charge in [-0.05, 0) is 26.4 Å². The molecular weight excluding hydrogens is 160 g/mol. The molecule has 0 saturated carbocycles. The van der Waals surface area contributed by atoms with Crippen LogP contribution in [0, 0.1) is 0 Å². The Morgan fingerprint density at radius 2 is 2.15 bits per heavy atom. The molecule has 2 heteroatoms. The van der Waals surface area contributed by atoms with Crippen LogP contribution in [0.25, 0.3) is 0 Å². The Kier molecular flexibility index (Phi) is 8.05. The molecule has 2 nitrogen and oxygen atoms in total. The summed E-state index contributed by atoms with van der Waals surface area (Å²) < 4.78 is 0. The van der Waals surface area contributed by atoms with Crippen LogP contribution in [0.3, 0.4) is 0 Å². The number of rotatable bonds is 8. The maximum Gasteiger partial charge on any atom is 0.0195 e. The fraction of sp³-hybridized carbons (Fsp3) is 0.818. The van der Waals surface area contributed by atoms with Crippen LogP contribution in [-0.2, 0) is 0 Å². The molecular formula is C11H24N2. The quantitative estimate of drug-likeness (QED) is 0.579. The molecule has 0 amide bonds. The second-order valence-corrected chi connectivity index (χ2v) is 3.44. The zero-order valence-corrected chi connectivity index (χ0v) is 9.34. The van der Waals surface area contributed by atoms with Crippen LogP contribution in [0.1, 0.15) is 27.2 Å². The van der Waals surface area contributed by atoms with Gasteiger partial charge in [0, 0.05) is 19.1 Å². The molecule has 0 aromatic heterocycles. The molecule has 0 bridgehead atoms. The van der Waals surface area contributed by atoms with Crippen molar-refractivity contribution in [1.29, 1.82) is 0 Å². The zero-order chi connectivity index (χ0) is 10.1. The first-order valence-electron chi connectivity index (χ1n) is 5.31. The van der Waals surface area contributed by atoms with E-state index in [1.165, 1.54) is 13.0 Å². The van der Waals surface area contributed by atoms with Crippen LogP contribution in [0.15, 0.2) is 12.7 Å². The molecule has 0 aliphatic carbocycles. The van der Waals surface area contributed by atoms with E-state index in [0.29, 0.717) is 6.04 Å². The molecule has 1 unspecified atom stereocenters. The largest absolute Gasteiger partial charge is 0.315 e. The Morgan fingerprint density at radius 3 is 2.62 bits per heavy atom. The monoisotopic (exact) mass is 184 g/mol. The molecule has 0 aliphatic heterocycles. The van der Waals surface area contributed by atoms with Crippen molar-refractivity contribution < 1.29 is 0 Å². The lowest BCUT2D eigenvalue weighted by atomic mass is 10.2. The average molecular weight is 184 g/mol. The highest BCUT2D eigenvalue weighted by molar-refractivity contribution is 4.78. The minimum Gasteiger partial charge on any atom is -0.315 e. The van der Waals surface area contributed by atoms with Crippen LogP contribution >= 0.6 is 0 Å². The molecule has 1 atom stereocenters. The van der Waals surface area contributed by atoms with Gasteiger partial charge in [0.25, 0.3) is 0 Å². The minimum absolute atomic E-state index is 0.609. The summed E-state index contributed by atoms with van der Waals surface area (Å²) in [6.45, 7) is 14.7. The summed E-state index contributed by atoms with van der Waals surface area (Å²) in [4.78, 5) is 2.45. The first-order chi connectivity index (χ1) is 6.26. The fourth-order valence-corrected chi connectivity index (χ4v) is 1.43. The van der Waals surface area contributed by atoms with Gasteiger partial charge in [-0.3, -0.25) is 4.90 Å². The van der Waals surface area contributed by atoms with E-state index < -0.39 is 0 Å². The summed E-state index contributed by atoms with van der Waals surface area (Å²) >= 11 is 0. The Balaban J connectivity index is 3.79. The van der Waals surface area contributed by atoms with Crippen LogP contribution in [0.2, 0.25) is 0 Å². The lowest BCUT2D eigenvalue weighted by molar-refractivity contribution is 0.227. The number of hydrogen-bond acceptors (Lipinski definition) is 2. The van der Waals surface area contributed by atoms with Gasteiger partial charge in [0.05, 0.1) is 0 Å². The Morgan fingerprint density at radius 1 is 1.46 bits per heavy atom. The Labute approximate surface area is 83.0 Å². The van der Waals surface area contributed by atoms with Gasteiger partial charge in [-0.1, -0.05) is 19.9 Å². The number of likely N-dealkylation sites (N-methyl/N-ethyl adjacent to an activating group) is 1. The summed E-state index contributed by atoms with van der Waals surface area (Å²) in [5.41, 5.74) is 0. The molecule has 13 heavy (non-hydrogen) atoms. The van der Waals surface area contributed by atoms with E-state index in [0.717, 1.165) is 19.6 Å². The predicted octanol–water partition coefficient (Wildman–Crippen LogP) is 1.88. The fourth-order valence-electron chi connectivity index (χ4n) is 1.43. The molecule has 0 fully saturated rings. The van der Waals surface area contributed by atoms with Gasteiger partial charge >= 0.3 is 0 Å². The van der Waals surface area contributed by atoms with E-state index in [2.05, 4.69) is 37.6 Å². The smallest absolute Gasteiger partial charge is 0.0195 e. The molecule has 0 aromatic carbocycles. The maximum absolute atomic E-state index is 3.78. The van der Waals surface area contributed by atoms with E-state index in [1.807, 2.05) is 6.08 Å². The first-order valence-corrected chi connectivity index (χ1v) is 5.31.